The van der Waals surface area contributed by atoms with Gasteiger partial charge in [0.2, 0.25) is 0 Å². The average molecular weight is 153 g/mol. The lowest BCUT2D eigenvalue weighted by atomic mass is 10.2. The minimum Gasteiger partial charge on any atom is -0.491 e. The second-order valence-corrected chi connectivity index (χ2v) is 2.47. The molecule has 11 heavy (non-hydrogen) atoms. The van der Waals surface area contributed by atoms with Crippen LogP contribution in [0.5, 0.6) is 5.75 Å². The van der Waals surface area contributed by atoms with Crippen molar-refractivity contribution in [3.8, 4) is 5.75 Å². The van der Waals surface area contributed by atoms with Crippen molar-refractivity contribution in [1.29, 1.82) is 0 Å². The number of H-pyrrole nitrogens is 1. The van der Waals surface area contributed by atoms with Crippen molar-refractivity contribution in [2.24, 2.45) is 0 Å². The van der Waals surface area contributed by atoms with Crippen LogP contribution in [-0.4, -0.2) is 12.1 Å². The molecule has 0 fully saturated rings. The molecule has 1 N–H and O–H groups in total. The molecule has 0 aliphatic rings. The molecule has 0 saturated carbocycles. The Kier molecular flexibility index (Phi) is 1.98. The van der Waals surface area contributed by atoms with Crippen molar-refractivity contribution in [3.63, 3.8) is 0 Å². The lowest BCUT2D eigenvalue weighted by molar-refractivity contribution is 0.407. The summed E-state index contributed by atoms with van der Waals surface area (Å²) in [5.41, 5.74) is 1.74. The molecule has 3 nitrogen and oxygen atoms in total. The first kappa shape index (κ1) is 7.85. The van der Waals surface area contributed by atoms with Crippen molar-refractivity contribution in [2.45, 2.75) is 13.8 Å². The van der Waals surface area contributed by atoms with E-state index in [4.69, 9.17) is 4.74 Å². The number of rotatable bonds is 1. The van der Waals surface area contributed by atoms with Gasteiger partial charge in [-0.05, 0) is 25.5 Å². The lowest BCUT2D eigenvalue weighted by Gasteiger charge is -2.01. The normalized spacial score (nSPS) is 9.73. The van der Waals surface area contributed by atoms with E-state index in [-0.39, 0.29) is 5.56 Å². The number of methoxy groups -OCH3 is 1. The maximum absolute atomic E-state index is 11.0. The van der Waals surface area contributed by atoms with E-state index in [1.54, 1.807) is 6.07 Å². The highest BCUT2D eigenvalue weighted by molar-refractivity contribution is 5.27. The summed E-state index contributed by atoms with van der Waals surface area (Å²) in [7, 11) is 1.49. The maximum atomic E-state index is 11.0. The van der Waals surface area contributed by atoms with E-state index in [0.717, 1.165) is 11.3 Å². The van der Waals surface area contributed by atoms with Gasteiger partial charge in [-0.3, -0.25) is 4.79 Å². The zero-order valence-electron chi connectivity index (χ0n) is 6.89. The first-order chi connectivity index (χ1) is 5.15. The fourth-order valence-corrected chi connectivity index (χ4v) is 0.853. The van der Waals surface area contributed by atoms with Gasteiger partial charge in [0.05, 0.1) is 7.11 Å². The lowest BCUT2D eigenvalue weighted by Crippen LogP contribution is -2.10. The van der Waals surface area contributed by atoms with Crippen LogP contribution in [0.1, 0.15) is 11.3 Å². The highest BCUT2D eigenvalue weighted by Gasteiger charge is 2.00. The van der Waals surface area contributed by atoms with Gasteiger partial charge in [0.15, 0.2) is 5.75 Å². The number of hydrogen-bond acceptors (Lipinski definition) is 2. The smallest absolute Gasteiger partial charge is 0.290 e. The molecule has 1 heterocycles. The van der Waals surface area contributed by atoms with Gasteiger partial charge in [-0.1, -0.05) is 0 Å². The Hall–Kier alpha value is -1.25. The molecular formula is C8H11NO2. The first-order valence-corrected chi connectivity index (χ1v) is 3.39. The summed E-state index contributed by atoms with van der Waals surface area (Å²) in [5.74, 6) is 0.369. The zero-order chi connectivity index (χ0) is 8.43. The molecule has 0 saturated heterocycles. The summed E-state index contributed by atoms with van der Waals surface area (Å²) in [4.78, 5) is 13.7. The Morgan fingerprint density at radius 1 is 1.45 bits per heavy atom. The summed E-state index contributed by atoms with van der Waals surface area (Å²) in [6.45, 7) is 3.78. The molecule has 0 atom stereocenters. The molecular weight excluding hydrogens is 142 g/mol. The van der Waals surface area contributed by atoms with Gasteiger partial charge in [-0.25, -0.2) is 0 Å². The highest BCUT2D eigenvalue weighted by atomic mass is 16.5. The third kappa shape index (κ3) is 1.42. The molecule has 0 unspecified atom stereocenters. The van der Waals surface area contributed by atoms with Crippen LogP contribution < -0.4 is 10.3 Å². The molecule has 60 valence electrons. The number of aryl methyl sites for hydroxylation is 2. The maximum Gasteiger partial charge on any atom is 0.290 e. The first-order valence-electron chi connectivity index (χ1n) is 3.39. The second-order valence-electron chi connectivity index (χ2n) is 2.47. The van der Waals surface area contributed by atoms with E-state index in [9.17, 15) is 4.79 Å². The molecule has 0 spiro atoms. The summed E-state index contributed by atoms with van der Waals surface area (Å²) >= 11 is 0. The van der Waals surface area contributed by atoms with Gasteiger partial charge in [0.1, 0.15) is 0 Å². The molecule has 0 aromatic carbocycles. The molecule has 3 heteroatoms. The van der Waals surface area contributed by atoms with E-state index in [1.807, 2.05) is 13.8 Å². The number of pyridine rings is 1. The largest absolute Gasteiger partial charge is 0.491 e. The van der Waals surface area contributed by atoms with E-state index < -0.39 is 0 Å². The third-order valence-corrected chi connectivity index (χ3v) is 1.68. The van der Waals surface area contributed by atoms with Crippen LogP contribution in [0.3, 0.4) is 0 Å². The molecule has 1 aromatic rings. The predicted octanol–water partition coefficient (Wildman–Crippen LogP) is 1.00. The van der Waals surface area contributed by atoms with Crippen molar-refractivity contribution in [2.75, 3.05) is 7.11 Å². The third-order valence-electron chi connectivity index (χ3n) is 1.68. The Morgan fingerprint density at radius 2 is 2.09 bits per heavy atom. The van der Waals surface area contributed by atoms with Crippen LogP contribution >= 0.6 is 0 Å². The van der Waals surface area contributed by atoms with Crippen molar-refractivity contribution in [3.05, 3.63) is 27.7 Å². The van der Waals surface area contributed by atoms with Gasteiger partial charge >= 0.3 is 0 Å². The topological polar surface area (TPSA) is 42.1 Å². The summed E-state index contributed by atoms with van der Waals surface area (Å²) in [6.07, 6.45) is 0. The van der Waals surface area contributed by atoms with Crippen LogP contribution in [0.25, 0.3) is 0 Å². The molecule has 0 bridgehead atoms. The Morgan fingerprint density at radius 3 is 2.64 bits per heavy atom. The summed E-state index contributed by atoms with van der Waals surface area (Å²) in [5, 5.41) is 0. The fraction of sp³-hybridized carbons (Fsp3) is 0.375. The number of nitrogens with one attached hydrogen (secondary N) is 1. The molecule has 0 amide bonds. The van der Waals surface area contributed by atoms with E-state index in [2.05, 4.69) is 4.98 Å². The average Bonchev–Trinajstić information content (AvgIpc) is 1.97. The minimum absolute atomic E-state index is 0.171. The molecule has 0 aliphatic carbocycles. The summed E-state index contributed by atoms with van der Waals surface area (Å²) in [6, 6.07) is 1.73. The molecule has 1 rings (SSSR count). The van der Waals surface area contributed by atoms with E-state index in [1.165, 1.54) is 7.11 Å². The monoisotopic (exact) mass is 153 g/mol. The van der Waals surface area contributed by atoms with Gasteiger partial charge in [-0.15, -0.1) is 0 Å². The van der Waals surface area contributed by atoms with Crippen molar-refractivity contribution in [1.82, 2.24) is 4.98 Å². The Bertz CT molecular complexity index is 314. The predicted molar refractivity (Wildman–Crippen MR) is 43.1 cm³/mol. The second kappa shape index (κ2) is 2.78. The molecule has 1 aromatic heterocycles. The highest BCUT2D eigenvalue weighted by Crippen LogP contribution is 2.07. The quantitative estimate of drug-likeness (QED) is 0.654. The van der Waals surface area contributed by atoms with Crippen LogP contribution in [0.4, 0.5) is 0 Å². The number of hydrogen-bond donors (Lipinski definition) is 1. The minimum atomic E-state index is -0.171. The van der Waals surface area contributed by atoms with Crippen molar-refractivity contribution >= 4 is 0 Å². The van der Waals surface area contributed by atoms with E-state index >= 15 is 0 Å². The zero-order valence-corrected chi connectivity index (χ0v) is 6.89. The number of ether oxygens (including phenoxy) is 1. The molecule has 0 radical (unpaired) electrons. The van der Waals surface area contributed by atoms with Gasteiger partial charge < -0.3 is 9.72 Å². The van der Waals surface area contributed by atoms with Crippen LogP contribution in [-0.2, 0) is 0 Å². The van der Waals surface area contributed by atoms with Crippen LogP contribution in [0.15, 0.2) is 10.9 Å². The van der Waals surface area contributed by atoms with Gasteiger partial charge in [0.25, 0.3) is 5.56 Å². The van der Waals surface area contributed by atoms with Gasteiger partial charge in [-0.2, -0.15) is 0 Å². The summed E-state index contributed by atoms with van der Waals surface area (Å²) < 4.78 is 4.84. The van der Waals surface area contributed by atoms with Crippen molar-refractivity contribution < 1.29 is 4.74 Å². The Balaban J connectivity index is 3.32. The van der Waals surface area contributed by atoms with Crippen LogP contribution in [0, 0.1) is 13.8 Å². The SMILES string of the molecule is COc1cc(C)c(C)[nH]c1=O. The molecule has 0 aliphatic heterocycles. The number of aromatic nitrogens is 1. The standard InChI is InChI=1S/C8H11NO2/c1-5-4-7(11-3)8(10)9-6(5)2/h4H,1-3H3,(H,9,10). The fourth-order valence-electron chi connectivity index (χ4n) is 0.853. The Labute approximate surface area is 65.0 Å². The van der Waals surface area contributed by atoms with E-state index in [0.29, 0.717) is 5.75 Å². The van der Waals surface area contributed by atoms with Crippen LogP contribution in [0.2, 0.25) is 0 Å². The van der Waals surface area contributed by atoms with Gasteiger partial charge in [0, 0.05) is 5.69 Å². The number of aromatic amines is 1.